The molecule has 2 N–H and O–H groups in total. The second kappa shape index (κ2) is 7.67. The summed E-state index contributed by atoms with van der Waals surface area (Å²) in [7, 11) is -3.98. The summed E-state index contributed by atoms with van der Waals surface area (Å²) in [6.07, 6.45) is 0.816. The van der Waals surface area contributed by atoms with Gasteiger partial charge in [0, 0.05) is 11.9 Å². The maximum Gasteiger partial charge on any atom is 0.363 e. The lowest BCUT2D eigenvalue weighted by Gasteiger charge is -2.16. The van der Waals surface area contributed by atoms with E-state index in [2.05, 4.69) is 10.0 Å². The van der Waals surface area contributed by atoms with Crippen LogP contribution in [0.25, 0.3) is 11.0 Å². The molecule has 1 aromatic heterocycles. The molecule has 0 fully saturated rings. The zero-order chi connectivity index (χ0) is 20.5. The number of benzene rings is 2. The number of hydrogen-bond donors (Lipinski definition) is 2. The van der Waals surface area contributed by atoms with Crippen LogP contribution in [0.5, 0.6) is 0 Å². The van der Waals surface area contributed by atoms with Crippen LogP contribution in [-0.2, 0) is 10.0 Å². The molecular formula is C21H24N2O4S. The van der Waals surface area contributed by atoms with Crippen molar-refractivity contribution < 1.29 is 12.8 Å². The number of para-hydroxylation sites is 1. The molecule has 6 nitrogen and oxygen atoms in total. The molecule has 28 heavy (non-hydrogen) atoms. The lowest BCUT2D eigenvalue weighted by Crippen LogP contribution is -2.22. The van der Waals surface area contributed by atoms with Gasteiger partial charge in [0.15, 0.2) is 5.69 Å². The number of anilines is 2. The third-order valence-electron chi connectivity index (χ3n) is 4.65. The first-order valence-electron chi connectivity index (χ1n) is 9.15. The summed E-state index contributed by atoms with van der Waals surface area (Å²) in [5.74, 6) is 0. The smallest absolute Gasteiger partial charge is 0.363 e. The van der Waals surface area contributed by atoms with Crippen LogP contribution in [0.1, 0.15) is 30.0 Å². The van der Waals surface area contributed by atoms with Gasteiger partial charge in [-0.2, -0.15) is 0 Å². The Kier molecular flexibility index (Phi) is 5.47. The van der Waals surface area contributed by atoms with Gasteiger partial charge in [-0.1, -0.05) is 25.1 Å². The van der Waals surface area contributed by atoms with Crippen molar-refractivity contribution in [2.75, 3.05) is 16.6 Å². The zero-order valence-electron chi connectivity index (χ0n) is 16.4. The van der Waals surface area contributed by atoms with Crippen molar-refractivity contribution in [2.45, 2.75) is 39.0 Å². The Morgan fingerprint density at radius 1 is 1.04 bits per heavy atom. The molecule has 0 aliphatic heterocycles. The van der Waals surface area contributed by atoms with Gasteiger partial charge in [-0.05, 0) is 62.1 Å². The van der Waals surface area contributed by atoms with E-state index >= 15 is 0 Å². The van der Waals surface area contributed by atoms with Crippen molar-refractivity contribution in [1.29, 1.82) is 0 Å². The first-order chi connectivity index (χ1) is 13.2. The van der Waals surface area contributed by atoms with Gasteiger partial charge in [-0.3, -0.25) is 4.72 Å². The van der Waals surface area contributed by atoms with Crippen molar-refractivity contribution in [1.82, 2.24) is 0 Å². The van der Waals surface area contributed by atoms with E-state index in [4.69, 9.17) is 4.42 Å². The van der Waals surface area contributed by atoms with Gasteiger partial charge < -0.3 is 9.73 Å². The minimum Gasteiger partial charge on any atom is -0.421 e. The van der Waals surface area contributed by atoms with E-state index in [0.717, 1.165) is 17.5 Å². The second-order valence-electron chi connectivity index (χ2n) is 6.87. The normalized spacial score (nSPS) is 11.6. The molecule has 3 aromatic rings. The first-order valence-corrected chi connectivity index (χ1v) is 10.6. The lowest BCUT2D eigenvalue weighted by atomic mass is 10.1. The summed E-state index contributed by atoms with van der Waals surface area (Å²) in [5.41, 5.74) is 2.34. The number of hydrogen-bond acceptors (Lipinski definition) is 5. The predicted octanol–water partition coefficient (Wildman–Crippen LogP) is 4.34. The molecule has 0 radical (unpaired) electrons. The number of fused-ring (bicyclic) bond motifs is 1. The minimum atomic E-state index is -3.98. The van der Waals surface area contributed by atoms with Crippen LogP contribution in [0.3, 0.4) is 0 Å². The highest BCUT2D eigenvalue weighted by atomic mass is 32.2. The standard InChI is InChI=1S/C21H24N2O4S/c1-5-10-22-19-16-8-6-7-9-17(16)27-21(24)20(19)23-28(25,26)18-12-13(2)11-14(3)15(18)4/h6-9,11-12,22-23H,5,10H2,1-4H3. The molecule has 0 saturated carbocycles. The molecule has 0 spiro atoms. The molecule has 0 amide bonds. The fourth-order valence-corrected chi connectivity index (χ4v) is 4.61. The Morgan fingerprint density at radius 3 is 2.46 bits per heavy atom. The molecule has 1 heterocycles. The summed E-state index contributed by atoms with van der Waals surface area (Å²) < 4.78 is 34.1. The van der Waals surface area contributed by atoms with Crippen LogP contribution in [0.15, 0.2) is 50.5 Å². The van der Waals surface area contributed by atoms with Crippen LogP contribution >= 0.6 is 0 Å². The fourth-order valence-electron chi connectivity index (χ4n) is 3.15. The molecule has 0 unspecified atom stereocenters. The largest absolute Gasteiger partial charge is 0.421 e. The summed E-state index contributed by atoms with van der Waals surface area (Å²) in [4.78, 5) is 12.8. The third kappa shape index (κ3) is 3.75. The maximum atomic E-state index is 13.1. The van der Waals surface area contributed by atoms with Crippen LogP contribution in [0.4, 0.5) is 11.4 Å². The van der Waals surface area contributed by atoms with E-state index < -0.39 is 15.6 Å². The predicted molar refractivity (Wildman–Crippen MR) is 113 cm³/mol. The topological polar surface area (TPSA) is 88.4 Å². The SMILES string of the molecule is CCCNc1c(NS(=O)(=O)c2cc(C)cc(C)c2C)c(=O)oc2ccccc12. The van der Waals surface area contributed by atoms with Gasteiger partial charge in [0.25, 0.3) is 10.0 Å². The Labute approximate surface area is 164 Å². The average molecular weight is 401 g/mol. The molecule has 0 atom stereocenters. The molecule has 0 saturated heterocycles. The first kappa shape index (κ1) is 19.9. The Hall–Kier alpha value is -2.80. The van der Waals surface area contributed by atoms with Crippen LogP contribution in [-0.4, -0.2) is 15.0 Å². The number of nitrogens with one attached hydrogen (secondary N) is 2. The number of sulfonamides is 1. The van der Waals surface area contributed by atoms with Gasteiger partial charge in [-0.25, -0.2) is 13.2 Å². The van der Waals surface area contributed by atoms with E-state index in [0.29, 0.717) is 28.8 Å². The highest BCUT2D eigenvalue weighted by Crippen LogP contribution is 2.31. The lowest BCUT2D eigenvalue weighted by molar-refractivity contribution is 0.563. The van der Waals surface area contributed by atoms with Crippen LogP contribution in [0.2, 0.25) is 0 Å². The van der Waals surface area contributed by atoms with Gasteiger partial charge in [0.1, 0.15) is 5.58 Å². The van der Waals surface area contributed by atoms with Gasteiger partial charge in [-0.15, -0.1) is 0 Å². The molecule has 3 rings (SSSR count). The van der Waals surface area contributed by atoms with Crippen molar-refractivity contribution in [2.24, 2.45) is 0 Å². The summed E-state index contributed by atoms with van der Waals surface area (Å²) >= 11 is 0. The molecule has 0 aliphatic rings. The third-order valence-corrected chi connectivity index (χ3v) is 6.13. The van der Waals surface area contributed by atoms with E-state index in [1.54, 1.807) is 31.2 Å². The fraction of sp³-hybridized carbons (Fsp3) is 0.286. The Balaban J connectivity index is 2.19. The second-order valence-corrected chi connectivity index (χ2v) is 8.52. The van der Waals surface area contributed by atoms with E-state index in [9.17, 15) is 13.2 Å². The number of aryl methyl sites for hydroxylation is 2. The van der Waals surface area contributed by atoms with Crippen LogP contribution < -0.4 is 15.7 Å². The van der Waals surface area contributed by atoms with Gasteiger partial charge >= 0.3 is 5.63 Å². The zero-order valence-corrected chi connectivity index (χ0v) is 17.2. The van der Waals surface area contributed by atoms with Crippen LogP contribution in [0, 0.1) is 20.8 Å². The van der Waals surface area contributed by atoms with Crippen molar-refractivity contribution in [3.05, 3.63) is 63.5 Å². The highest BCUT2D eigenvalue weighted by Gasteiger charge is 2.23. The molecule has 0 bridgehead atoms. The Bertz CT molecular complexity index is 1200. The van der Waals surface area contributed by atoms with Crippen molar-refractivity contribution in [3.8, 4) is 0 Å². The molecule has 2 aromatic carbocycles. The summed E-state index contributed by atoms with van der Waals surface area (Å²) in [6.45, 7) is 8.03. The Morgan fingerprint density at radius 2 is 1.75 bits per heavy atom. The van der Waals surface area contributed by atoms with Gasteiger partial charge in [0.05, 0.1) is 10.6 Å². The monoisotopic (exact) mass is 400 g/mol. The highest BCUT2D eigenvalue weighted by molar-refractivity contribution is 7.92. The van der Waals surface area contributed by atoms with Crippen molar-refractivity contribution in [3.63, 3.8) is 0 Å². The van der Waals surface area contributed by atoms with E-state index in [-0.39, 0.29) is 10.6 Å². The molecule has 148 valence electrons. The molecular weight excluding hydrogens is 376 g/mol. The molecule has 7 heteroatoms. The van der Waals surface area contributed by atoms with Crippen molar-refractivity contribution >= 4 is 32.4 Å². The van der Waals surface area contributed by atoms with Gasteiger partial charge in [0.2, 0.25) is 0 Å². The van der Waals surface area contributed by atoms with E-state index in [1.165, 1.54) is 0 Å². The van der Waals surface area contributed by atoms with E-state index in [1.807, 2.05) is 32.9 Å². The minimum absolute atomic E-state index is 0.106. The molecule has 0 aliphatic carbocycles. The maximum absolute atomic E-state index is 13.1. The summed E-state index contributed by atoms with van der Waals surface area (Å²) in [6, 6.07) is 10.6. The number of rotatable bonds is 6. The quantitative estimate of drug-likeness (QED) is 0.601. The average Bonchev–Trinajstić information content (AvgIpc) is 2.64. The summed E-state index contributed by atoms with van der Waals surface area (Å²) in [5, 5.41) is 3.82.